The van der Waals surface area contributed by atoms with Crippen molar-refractivity contribution in [2.75, 3.05) is 27.2 Å². The van der Waals surface area contributed by atoms with Gasteiger partial charge in [0.05, 0.1) is 6.04 Å². The average molecular weight is 244 g/mol. The Labute approximate surface area is 103 Å². The fourth-order valence-corrected chi connectivity index (χ4v) is 1.20. The van der Waals surface area contributed by atoms with Crippen LogP contribution in [-0.4, -0.2) is 50.1 Å². The predicted molar refractivity (Wildman–Crippen MR) is 67.6 cm³/mol. The molecule has 4 N–H and O–H groups in total. The number of amides is 3. The number of nitrogens with one attached hydrogen (secondary N) is 2. The Balaban J connectivity index is 3.60. The van der Waals surface area contributed by atoms with Crippen molar-refractivity contribution in [2.24, 2.45) is 5.73 Å². The molecule has 6 nitrogen and oxygen atoms in total. The van der Waals surface area contributed by atoms with Gasteiger partial charge in [0.2, 0.25) is 5.91 Å². The molecule has 0 rings (SSSR count). The predicted octanol–water partition coefficient (Wildman–Crippen LogP) is -0.109. The molecule has 100 valence electrons. The van der Waals surface area contributed by atoms with E-state index >= 15 is 0 Å². The van der Waals surface area contributed by atoms with E-state index in [4.69, 9.17) is 5.73 Å². The summed E-state index contributed by atoms with van der Waals surface area (Å²) in [5.41, 5.74) is 5.69. The second-order valence-corrected chi connectivity index (χ2v) is 4.17. The van der Waals surface area contributed by atoms with E-state index in [1.165, 1.54) is 4.90 Å². The summed E-state index contributed by atoms with van der Waals surface area (Å²) in [7, 11) is 3.32. The Morgan fingerprint density at radius 3 is 2.35 bits per heavy atom. The molecular weight excluding hydrogens is 220 g/mol. The molecule has 0 radical (unpaired) electrons. The molecule has 0 aliphatic carbocycles. The lowest BCUT2D eigenvalue weighted by molar-refractivity contribution is -0.122. The molecule has 0 aliphatic heterocycles. The first kappa shape index (κ1) is 15.7. The minimum atomic E-state index is -0.445. The molecule has 6 heteroatoms. The molecule has 1 atom stereocenters. The van der Waals surface area contributed by atoms with Crippen LogP contribution in [0.2, 0.25) is 0 Å². The van der Waals surface area contributed by atoms with E-state index in [1.54, 1.807) is 14.1 Å². The average Bonchev–Trinajstić information content (AvgIpc) is 2.30. The lowest BCUT2D eigenvalue weighted by Gasteiger charge is -2.14. The van der Waals surface area contributed by atoms with Crippen molar-refractivity contribution in [2.45, 2.75) is 32.2 Å². The minimum absolute atomic E-state index is 0.155. The van der Waals surface area contributed by atoms with E-state index in [1.807, 2.05) is 0 Å². The number of unbranched alkanes of at least 4 members (excludes halogenated alkanes) is 1. The maximum absolute atomic E-state index is 11.5. The summed E-state index contributed by atoms with van der Waals surface area (Å²) >= 11 is 0. The van der Waals surface area contributed by atoms with Crippen LogP contribution in [0, 0.1) is 0 Å². The summed E-state index contributed by atoms with van der Waals surface area (Å²) < 4.78 is 0. The van der Waals surface area contributed by atoms with Crippen LogP contribution in [0.3, 0.4) is 0 Å². The molecule has 0 aliphatic rings. The summed E-state index contributed by atoms with van der Waals surface area (Å²) in [6.07, 6.45) is 2.68. The summed E-state index contributed by atoms with van der Waals surface area (Å²) in [5, 5.41) is 5.34. The molecule has 0 aromatic carbocycles. The van der Waals surface area contributed by atoms with Gasteiger partial charge in [-0.25, -0.2) is 4.79 Å². The zero-order valence-corrected chi connectivity index (χ0v) is 11.0. The van der Waals surface area contributed by atoms with Gasteiger partial charge in [0, 0.05) is 27.2 Å². The number of carbonyl (C=O) groups is 2. The van der Waals surface area contributed by atoms with Crippen molar-refractivity contribution in [1.82, 2.24) is 15.5 Å². The monoisotopic (exact) mass is 244 g/mol. The van der Waals surface area contributed by atoms with Crippen LogP contribution in [-0.2, 0) is 4.79 Å². The van der Waals surface area contributed by atoms with Crippen LogP contribution in [0.15, 0.2) is 0 Å². The normalized spacial score (nSPS) is 11.8. The second kappa shape index (κ2) is 8.81. The minimum Gasteiger partial charge on any atom is -0.353 e. The molecule has 3 amide bonds. The number of rotatable bonds is 7. The van der Waals surface area contributed by atoms with Crippen molar-refractivity contribution >= 4 is 11.9 Å². The third-order valence-electron chi connectivity index (χ3n) is 2.31. The highest BCUT2D eigenvalue weighted by atomic mass is 16.2. The lowest BCUT2D eigenvalue weighted by Crippen LogP contribution is -2.44. The first-order valence-corrected chi connectivity index (χ1v) is 5.97. The number of hydrogen-bond acceptors (Lipinski definition) is 3. The summed E-state index contributed by atoms with van der Waals surface area (Å²) in [6, 6.07) is -0.617. The van der Waals surface area contributed by atoms with Crippen LogP contribution in [0.25, 0.3) is 0 Å². The standard InChI is InChI=1S/C11H24N4O2/c1-4-5-6-9(12)10(16)13-7-8-14-11(17)15(2)3/h9H,4-8,12H2,1-3H3,(H,13,16)(H,14,17). The zero-order chi connectivity index (χ0) is 13.3. The van der Waals surface area contributed by atoms with Gasteiger partial charge in [0.1, 0.15) is 0 Å². The van der Waals surface area contributed by atoms with Gasteiger partial charge >= 0.3 is 6.03 Å². The smallest absolute Gasteiger partial charge is 0.316 e. The Bertz CT molecular complexity index is 244. The van der Waals surface area contributed by atoms with E-state index in [2.05, 4.69) is 17.6 Å². The Kier molecular flexibility index (Phi) is 8.13. The second-order valence-electron chi connectivity index (χ2n) is 4.17. The maximum atomic E-state index is 11.5. The van der Waals surface area contributed by atoms with Crippen LogP contribution in [0.1, 0.15) is 26.2 Å². The van der Waals surface area contributed by atoms with Gasteiger partial charge in [-0.3, -0.25) is 4.79 Å². The molecule has 0 saturated heterocycles. The van der Waals surface area contributed by atoms with E-state index < -0.39 is 6.04 Å². The van der Waals surface area contributed by atoms with Gasteiger partial charge < -0.3 is 21.3 Å². The van der Waals surface area contributed by atoms with Gasteiger partial charge in [-0.15, -0.1) is 0 Å². The molecule has 0 saturated carbocycles. The maximum Gasteiger partial charge on any atom is 0.316 e. The molecule has 0 spiro atoms. The third-order valence-corrected chi connectivity index (χ3v) is 2.31. The van der Waals surface area contributed by atoms with E-state index in [0.717, 1.165) is 12.8 Å². The highest BCUT2D eigenvalue weighted by molar-refractivity contribution is 5.81. The zero-order valence-electron chi connectivity index (χ0n) is 11.0. The third kappa shape index (κ3) is 7.57. The number of urea groups is 1. The fourth-order valence-electron chi connectivity index (χ4n) is 1.20. The molecule has 17 heavy (non-hydrogen) atoms. The van der Waals surface area contributed by atoms with Gasteiger partial charge in [0.15, 0.2) is 0 Å². The van der Waals surface area contributed by atoms with Crippen molar-refractivity contribution in [3.05, 3.63) is 0 Å². The molecule has 0 heterocycles. The van der Waals surface area contributed by atoms with E-state index in [9.17, 15) is 9.59 Å². The number of carbonyl (C=O) groups excluding carboxylic acids is 2. The van der Waals surface area contributed by atoms with Crippen LogP contribution >= 0.6 is 0 Å². The quantitative estimate of drug-likeness (QED) is 0.546. The van der Waals surface area contributed by atoms with Crippen molar-refractivity contribution < 1.29 is 9.59 Å². The largest absolute Gasteiger partial charge is 0.353 e. The van der Waals surface area contributed by atoms with Crippen molar-refractivity contribution in [3.63, 3.8) is 0 Å². The highest BCUT2D eigenvalue weighted by Crippen LogP contribution is 1.97. The number of nitrogens with two attached hydrogens (primary N) is 1. The highest BCUT2D eigenvalue weighted by Gasteiger charge is 2.11. The Morgan fingerprint density at radius 1 is 1.24 bits per heavy atom. The SMILES string of the molecule is CCCCC(N)C(=O)NCCNC(=O)N(C)C. The number of hydrogen-bond donors (Lipinski definition) is 3. The molecule has 0 aromatic heterocycles. The topological polar surface area (TPSA) is 87.5 Å². The van der Waals surface area contributed by atoms with Crippen LogP contribution in [0.4, 0.5) is 4.79 Å². The Hall–Kier alpha value is -1.30. The van der Waals surface area contributed by atoms with Crippen LogP contribution in [0.5, 0.6) is 0 Å². The molecule has 0 fully saturated rings. The summed E-state index contributed by atoms with van der Waals surface area (Å²) in [5.74, 6) is -0.155. The fraction of sp³-hybridized carbons (Fsp3) is 0.818. The van der Waals surface area contributed by atoms with E-state index in [-0.39, 0.29) is 11.9 Å². The lowest BCUT2D eigenvalue weighted by atomic mass is 10.1. The molecule has 0 bridgehead atoms. The van der Waals surface area contributed by atoms with E-state index in [0.29, 0.717) is 19.5 Å². The van der Waals surface area contributed by atoms with Crippen molar-refractivity contribution in [3.8, 4) is 0 Å². The first-order chi connectivity index (χ1) is 7.99. The molecular formula is C11H24N4O2. The Morgan fingerprint density at radius 2 is 1.82 bits per heavy atom. The molecule has 1 unspecified atom stereocenters. The number of nitrogens with zero attached hydrogens (tertiary/aromatic N) is 1. The van der Waals surface area contributed by atoms with Gasteiger partial charge in [0.25, 0.3) is 0 Å². The summed E-state index contributed by atoms with van der Waals surface area (Å²) in [6.45, 7) is 2.86. The van der Waals surface area contributed by atoms with Gasteiger partial charge in [-0.2, -0.15) is 0 Å². The van der Waals surface area contributed by atoms with Crippen molar-refractivity contribution in [1.29, 1.82) is 0 Å². The summed E-state index contributed by atoms with van der Waals surface area (Å²) in [4.78, 5) is 24.0. The van der Waals surface area contributed by atoms with Gasteiger partial charge in [-0.1, -0.05) is 19.8 Å². The van der Waals surface area contributed by atoms with Gasteiger partial charge in [-0.05, 0) is 6.42 Å². The first-order valence-electron chi connectivity index (χ1n) is 5.97. The molecule has 0 aromatic rings. The van der Waals surface area contributed by atoms with Crippen LogP contribution < -0.4 is 16.4 Å².